The topological polar surface area (TPSA) is 48.1 Å². The van der Waals surface area contributed by atoms with Gasteiger partial charge >= 0.3 is 0 Å². The number of nitrogens with two attached hydrogens (primary N) is 1. The zero-order valence-electron chi connectivity index (χ0n) is 11.1. The fourth-order valence-electron chi connectivity index (χ4n) is 2.31. The number of hydrogen-bond acceptors (Lipinski definition) is 3. The molecule has 19 heavy (non-hydrogen) atoms. The largest absolute Gasteiger partial charge is 0.473 e. The molecule has 0 atom stereocenters. The van der Waals surface area contributed by atoms with Crippen LogP contribution in [0.4, 0.5) is 5.69 Å². The summed E-state index contributed by atoms with van der Waals surface area (Å²) >= 11 is 0. The maximum Gasteiger partial charge on any atom is 0.213 e. The van der Waals surface area contributed by atoms with E-state index in [1.807, 2.05) is 37.3 Å². The van der Waals surface area contributed by atoms with Gasteiger partial charge in [0, 0.05) is 23.0 Å². The highest BCUT2D eigenvalue weighted by Crippen LogP contribution is 2.42. The maximum absolute atomic E-state index is 6.08. The summed E-state index contributed by atoms with van der Waals surface area (Å²) in [6.45, 7) is 2.45. The number of rotatable bonds is 4. The SMILES string of the molecule is Cc1cccc(OCc2c(N)cccc2C2CC2)n1. The Morgan fingerprint density at radius 3 is 2.74 bits per heavy atom. The Bertz CT molecular complexity index is 591. The molecule has 3 rings (SSSR count). The maximum atomic E-state index is 6.08. The fraction of sp³-hybridized carbons (Fsp3) is 0.312. The predicted octanol–water partition coefficient (Wildman–Crippen LogP) is 3.43. The summed E-state index contributed by atoms with van der Waals surface area (Å²) in [4.78, 5) is 4.35. The average molecular weight is 254 g/mol. The minimum absolute atomic E-state index is 0.495. The van der Waals surface area contributed by atoms with E-state index in [9.17, 15) is 0 Å². The zero-order valence-corrected chi connectivity index (χ0v) is 11.1. The first-order chi connectivity index (χ1) is 9.24. The number of nitrogen functional groups attached to an aromatic ring is 1. The third-order valence-electron chi connectivity index (χ3n) is 3.49. The van der Waals surface area contributed by atoms with Gasteiger partial charge < -0.3 is 10.5 Å². The van der Waals surface area contributed by atoms with Crippen molar-refractivity contribution in [2.45, 2.75) is 32.3 Å². The van der Waals surface area contributed by atoms with E-state index in [1.54, 1.807) is 0 Å². The van der Waals surface area contributed by atoms with Crippen LogP contribution in [-0.4, -0.2) is 4.98 Å². The van der Waals surface area contributed by atoms with Crippen molar-refractivity contribution >= 4 is 5.69 Å². The van der Waals surface area contributed by atoms with Crippen LogP contribution in [0.5, 0.6) is 5.88 Å². The number of aromatic nitrogens is 1. The molecule has 2 aromatic rings. The molecule has 0 amide bonds. The third-order valence-corrected chi connectivity index (χ3v) is 3.49. The zero-order chi connectivity index (χ0) is 13.2. The first-order valence-corrected chi connectivity index (χ1v) is 6.68. The molecule has 1 aliphatic rings. The van der Waals surface area contributed by atoms with E-state index in [0.29, 0.717) is 18.4 Å². The molecule has 1 heterocycles. The summed E-state index contributed by atoms with van der Waals surface area (Å²) in [5, 5.41) is 0. The van der Waals surface area contributed by atoms with Crippen molar-refractivity contribution < 1.29 is 4.74 Å². The van der Waals surface area contributed by atoms with E-state index in [0.717, 1.165) is 16.9 Å². The standard InChI is InChI=1S/C16H18N2O/c1-11-4-2-7-16(18-11)19-10-14-13(12-8-9-12)5-3-6-15(14)17/h2-7,12H,8-10,17H2,1H3. The summed E-state index contributed by atoms with van der Waals surface area (Å²) in [6.07, 6.45) is 2.53. The predicted molar refractivity (Wildman–Crippen MR) is 76.1 cm³/mol. The number of pyridine rings is 1. The van der Waals surface area contributed by atoms with E-state index in [1.165, 1.54) is 18.4 Å². The molecule has 0 bridgehead atoms. The number of nitrogens with zero attached hydrogens (tertiary/aromatic N) is 1. The highest BCUT2D eigenvalue weighted by molar-refractivity contribution is 5.52. The molecule has 1 saturated carbocycles. The molecule has 98 valence electrons. The third kappa shape index (κ3) is 2.70. The van der Waals surface area contributed by atoms with Gasteiger partial charge in [-0.05, 0) is 43.4 Å². The average Bonchev–Trinajstić information content (AvgIpc) is 3.21. The molecule has 0 spiro atoms. The molecule has 3 nitrogen and oxygen atoms in total. The summed E-state index contributed by atoms with van der Waals surface area (Å²) < 4.78 is 5.78. The lowest BCUT2D eigenvalue weighted by Gasteiger charge is -2.12. The van der Waals surface area contributed by atoms with Gasteiger partial charge in [0.25, 0.3) is 0 Å². The van der Waals surface area contributed by atoms with Crippen LogP contribution in [0.15, 0.2) is 36.4 Å². The van der Waals surface area contributed by atoms with Crippen LogP contribution in [0.25, 0.3) is 0 Å². The van der Waals surface area contributed by atoms with Crippen molar-refractivity contribution in [1.82, 2.24) is 4.98 Å². The lowest BCUT2D eigenvalue weighted by Crippen LogP contribution is -2.05. The lowest BCUT2D eigenvalue weighted by molar-refractivity contribution is 0.293. The Balaban J connectivity index is 1.79. The van der Waals surface area contributed by atoms with Crippen LogP contribution in [0, 0.1) is 6.92 Å². The minimum Gasteiger partial charge on any atom is -0.473 e. The molecule has 0 unspecified atom stereocenters. The van der Waals surface area contributed by atoms with Gasteiger partial charge in [0.15, 0.2) is 0 Å². The van der Waals surface area contributed by atoms with Crippen molar-refractivity contribution in [2.75, 3.05) is 5.73 Å². The number of hydrogen-bond donors (Lipinski definition) is 1. The van der Waals surface area contributed by atoms with Gasteiger partial charge in [-0.3, -0.25) is 0 Å². The summed E-state index contributed by atoms with van der Waals surface area (Å²) in [5.74, 6) is 1.33. The van der Waals surface area contributed by atoms with Crippen molar-refractivity contribution in [3.63, 3.8) is 0 Å². The minimum atomic E-state index is 0.495. The number of benzene rings is 1. The highest BCUT2D eigenvalue weighted by atomic mass is 16.5. The fourth-order valence-corrected chi connectivity index (χ4v) is 2.31. The van der Waals surface area contributed by atoms with E-state index >= 15 is 0 Å². The molecule has 3 heteroatoms. The number of ether oxygens (including phenoxy) is 1. The van der Waals surface area contributed by atoms with Crippen molar-refractivity contribution in [3.8, 4) is 5.88 Å². The monoisotopic (exact) mass is 254 g/mol. The molecule has 1 fully saturated rings. The summed E-state index contributed by atoms with van der Waals surface area (Å²) in [7, 11) is 0. The Labute approximate surface area is 113 Å². The number of anilines is 1. The van der Waals surface area contributed by atoms with Crippen LogP contribution in [0.3, 0.4) is 0 Å². The van der Waals surface area contributed by atoms with E-state index < -0.39 is 0 Å². The Morgan fingerprint density at radius 1 is 1.21 bits per heavy atom. The first-order valence-electron chi connectivity index (χ1n) is 6.68. The Morgan fingerprint density at radius 2 is 2.00 bits per heavy atom. The molecule has 2 N–H and O–H groups in total. The Hall–Kier alpha value is -2.03. The van der Waals surface area contributed by atoms with Gasteiger partial charge in [-0.1, -0.05) is 18.2 Å². The molecule has 1 aromatic heterocycles. The highest BCUT2D eigenvalue weighted by Gasteiger charge is 2.26. The molecule has 0 saturated heterocycles. The molecule has 1 aliphatic carbocycles. The lowest BCUT2D eigenvalue weighted by atomic mass is 10.0. The van der Waals surface area contributed by atoms with Crippen molar-refractivity contribution in [1.29, 1.82) is 0 Å². The quantitative estimate of drug-likeness (QED) is 0.850. The van der Waals surface area contributed by atoms with Gasteiger partial charge in [-0.2, -0.15) is 0 Å². The normalized spacial score (nSPS) is 14.4. The smallest absolute Gasteiger partial charge is 0.213 e. The van der Waals surface area contributed by atoms with Gasteiger partial charge in [-0.15, -0.1) is 0 Å². The second-order valence-corrected chi connectivity index (χ2v) is 5.10. The van der Waals surface area contributed by atoms with Crippen LogP contribution >= 0.6 is 0 Å². The van der Waals surface area contributed by atoms with E-state index in [4.69, 9.17) is 10.5 Å². The van der Waals surface area contributed by atoms with Crippen LogP contribution in [-0.2, 0) is 6.61 Å². The number of aryl methyl sites for hydroxylation is 1. The molecule has 0 aliphatic heterocycles. The van der Waals surface area contributed by atoms with Crippen molar-refractivity contribution in [3.05, 3.63) is 53.2 Å². The van der Waals surface area contributed by atoms with Crippen LogP contribution < -0.4 is 10.5 Å². The van der Waals surface area contributed by atoms with Gasteiger partial charge in [0.1, 0.15) is 6.61 Å². The Kier molecular flexibility index (Phi) is 3.11. The van der Waals surface area contributed by atoms with Gasteiger partial charge in [-0.25, -0.2) is 4.98 Å². The van der Waals surface area contributed by atoms with Crippen molar-refractivity contribution in [2.24, 2.45) is 0 Å². The van der Waals surface area contributed by atoms with Crippen LogP contribution in [0.1, 0.15) is 35.6 Å². The van der Waals surface area contributed by atoms with Crippen LogP contribution in [0.2, 0.25) is 0 Å². The van der Waals surface area contributed by atoms with Gasteiger partial charge in [0.05, 0.1) is 0 Å². The van der Waals surface area contributed by atoms with E-state index in [2.05, 4.69) is 11.1 Å². The molecular weight excluding hydrogens is 236 g/mol. The summed E-state index contributed by atoms with van der Waals surface area (Å²) in [6, 6.07) is 11.9. The second kappa shape index (κ2) is 4.92. The second-order valence-electron chi connectivity index (χ2n) is 5.10. The molecule has 0 radical (unpaired) electrons. The van der Waals surface area contributed by atoms with E-state index in [-0.39, 0.29) is 0 Å². The first kappa shape index (κ1) is 12.0. The summed E-state index contributed by atoms with van der Waals surface area (Å²) in [5.41, 5.74) is 10.3. The van der Waals surface area contributed by atoms with Gasteiger partial charge in [0.2, 0.25) is 5.88 Å². The molecule has 1 aromatic carbocycles. The molecular formula is C16H18N2O.